The van der Waals surface area contributed by atoms with Crippen LogP contribution in [0.2, 0.25) is 0 Å². The van der Waals surface area contributed by atoms with Crippen LogP contribution in [-0.2, 0) is 14.4 Å². The van der Waals surface area contributed by atoms with Gasteiger partial charge in [-0.3, -0.25) is 14.4 Å². The molecular weight excluding hydrogens is 412 g/mol. The molecule has 0 aromatic carbocycles. The van der Waals surface area contributed by atoms with Crippen LogP contribution in [-0.4, -0.2) is 45.8 Å². The van der Waals surface area contributed by atoms with Gasteiger partial charge in [0, 0.05) is 0 Å². The van der Waals surface area contributed by atoms with Crippen LogP contribution in [0.3, 0.4) is 0 Å². The summed E-state index contributed by atoms with van der Waals surface area (Å²) in [4.78, 5) is 31.6. The maximum atomic E-state index is 10.7. The zero-order chi connectivity index (χ0) is 24.6. The highest BCUT2D eigenvalue weighted by Gasteiger charge is 2.24. The molecule has 0 fully saturated rings. The topological polar surface area (TPSA) is 164 Å². The Morgan fingerprint density at radius 2 is 0.969 bits per heavy atom. The van der Waals surface area contributed by atoms with Crippen LogP contribution in [0.4, 0.5) is 0 Å². The van der Waals surface area contributed by atoms with Crippen molar-refractivity contribution in [2.24, 2.45) is 17.4 Å². The van der Waals surface area contributed by atoms with Gasteiger partial charge in [-0.1, -0.05) is 96.8 Å². The summed E-state index contributed by atoms with van der Waals surface area (Å²) in [6, 6.07) is -0.716. The lowest BCUT2D eigenvalue weighted by atomic mass is 10.00. The average Bonchev–Trinajstić information content (AvgIpc) is 2.74. The van der Waals surface area contributed by atoms with Crippen molar-refractivity contribution in [3.05, 3.63) is 0 Å². The molecule has 0 unspecified atom stereocenters. The Hall–Kier alpha value is -1.67. The second-order valence-electron chi connectivity index (χ2n) is 8.49. The zero-order valence-electron chi connectivity index (χ0n) is 20.1. The summed E-state index contributed by atoms with van der Waals surface area (Å²) in [5, 5.41) is 25.8. The van der Waals surface area contributed by atoms with Gasteiger partial charge in [-0.15, -0.1) is 0 Å². The fraction of sp³-hybridized carbons (Fsp3) is 0.875. The highest BCUT2D eigenvalue weighted by Crippen LogP contribution is 2.15. The summed E-state index contributed by atoms with van der Waals surface area (Å²) in [7, 11) is 0. The van der Waals surface area contributed by atoms with Crippen molar-refractivity contribution >= 4 is 17.9 Å². The lowest BCUT2D eigenvalue weighted by Gasteiger charge is -2.07. The number of rotatable bonds is 21. The molecule has 0 bridgehead atoms. The Labute approximate surface area is 194 Å². The van der Waals surface area contributed by atoms with Gasteiger partial charge >= 0.3 is 17.9 Å². The SMILES string of the molecule is CCCCCCCCCCCCCCCC(C(=O)O)C(=O)O.NCCCC[C@H](N)C(=O)O. The highest BCUT2D eigenvalue weighted by atomic mass is 16.4. The number of aliphatic carboxylic acids is 3. The molecule has 0 aromatic heterocycles. The van der Waals surface area contributed by atoms with Gasteiger partial charge in [-0.25, -0.2) is 0 Å². The first-order valence-electron chi connectivity index (χ1n) is 12.4. The van der Waals surface area contributed by atoms with E-state index in [2.05, 4.69) is 6.92 Å². The van der Waals surface area contributed by atoms with Crippen molar-refractivity contribution in [3.8, 4) is 0 Å². The normalized spacial score (nSPS) is 11.6. The van der Waals surface area contributed by atoms with Gasteiger partial charge in [0.15, 0.2) is 5.92 Å². The first-order chi connectivity index (χ1) is 15.3. The Morgan fingerprint density at radius 3 is 1.31 bits per heavy atom. The van der Waals surface area contributed by atoms with Crippen LogP contribution < -0.4 is 11.5 Å². The molecule has 0 aliphatic heterocycles. The number of hydrogen-bond acceptors (Lipinski definition) is 5. The van der Waals surface area contributed by atoms with E-state index in [1.54, 1.807) is 0 Å². The second-order valence-corrected chi connectivity index (χ2v) is 8.49. The van der Waals surface area contributed by atoms with E-state index in [1.807, 2.05) is 0 Å². The third-order valence-electron chi connectivity index (χ3n) is 5.48. The van der Waals surface area contributed by atoms with Crippen LogP contribution >= 0.6 is 0 Å². The number of hydrogen-bond donors (Lipinski definition) is 5. The quantitative estimate of drug-likeness (QED) is 0.121. The van der Waals surface area contributed by atoms with Gasteiger partial charge in [-0.2, -0.15) is 0 Å². The number of carboxylic acids is 3. The van der Waals surface area contributed by atoms with E-state index in [9.17, 15) is 14.4 Å². The molecule has 1 atom stereocenters. The fourth-order valence-electron chi connectivity index (χ4n) is 3.35. The average molecular weight is 461 g/mol. The van der Waals surface area contributed by atoms with Crippen molar-refractivity contribution in [2.75, 3.05) is 6.54 Å². The minimum absolute atomic E-state index is 0.252. The fourth-order valence-corrected chi connectivity index (χ4v) is 3.35. The monoisotopic (exact) mass is 460 g/mol. The van der Waals surface area contributed by atoms with Gasteiger partial charge in [-0.05, 0) is 25.8 Å². The molecule has 190 valence electrons. The molecule has 7 N–H and O–H groups in total. The molecule has 0 saturated carbocycles. The molecule has 0 radical (unpaired) electrons. The third kappa shape index (κ3) is 23.0. The molecular formula is C24H48N2O6. The van der Waals surface area contributed by atoms with E-state index >= 15 is 0 Å². The summed E-state index contributed by atoms with van der Waals surface area (Å²) in [5.41, 5.74) is 10.4. The standard InChI is InChI=1S/C18H34O4.C6H14N2O2/c1-2-3-4-5-6-7-8-9-10-11-12-13-14-15-16(17(19)20)18(21)22;7-4-2-1-3-5(8)6(9)10/h16H,2-15H2,1H3,(H,19,20)(H,21,22);5H,1-4,7-8H2,(H,9,10)/t;5-/m.0/s1. The van der Waals surface area contributed by atoms with E-state index in [1.165, 1.54) is 64.2 Å². The van der Waals surface area contributed by atoms with Crippen molar-refractivity contribution in [1.82, 2.24) is 0 Å². The predicted molar refractivity (Wildman–Crippen MR) is 128 cm³/mol. The van der Waals surface area contributed by atoms with E-state index < -0.39 is 29.9 Å². The molecule has 8 nitrogen and oxygen atoms in total. The molecule has 0 spiro atoms. The zero-order valence-corrected chi connectivity index (χ0v) is 20.1. The third-order valence-corrected chi connectivity index (χ3v) is 5.48. The molecule has 0 saturated heterocycles. The van der Waals surface area contributed by atoms with Crippen LogP contribution in [0.1, 0.15) is 116 Å². The molecule has 0 rings (SSSR count). The molecule has 0 heterocycles. The lowest BCUT2D eigenvalue weighted by molar-refractivity contribution is -0.154. The van der Waals surface area contributed by atoms with E-state index in [-0.39, 0.29) is 6.42 Å². The molecule has 0 amide bonds. The van der Waals surface area contributed by atoms with E-state index in [0.717, 1.165) is 25.7 Å². The smallest absolute Gasteiger partial charge is 0.320 e. The number of carbonyl (C=O) groups is 3. The van der Waals surface area contributed by atoms with Crippen molar-refractivity contribution in [3.63, 3.8) is 0 Å². The summed E-state index contributed by atoms with van der Waals surface area (Å²) >= 11 is 0. The summed E-state index contributed by atoms with van der Waals surface area (Å²) in [5.74, 6) is -4.59. The van der Waals surface area contributed by atoms with Gasteiger partial charge in [0.1, 0.15) is 6.04 Å². The first kappa shape index (κ1) is 32.5. The highest BCUT2D eigenvalue weighted by molar-refractivity contribution is 5.92. The maximum absolute atomic E-state index is 10.7. The minimum Gasteiger partial charge on any atom is -0.481 e. The second kappa shape index (κ2) is 24.0. The Balaban J connectivity index is 0. The lowest BCUT2D eigenvalue weighted by Crippen LogP contribution is -2.29. The predicted octanol–water partition coefficient (Wildman–Crippen LogP) is 4.78. The van der Waals surface area contributed by atoms with E-state index in [4.69, 9.17) is 26.8 Å². The van der Waals surface area contributed by atoms with Gasteiger partial charge in [0.25, 0.3) is 0 Å². The number of unbranched alkanes of at least 4 members (excludes halogenated alkanes) is 13. The van der Waals surface area contributed by atoms with Gasteiger partial charge < -0.3 is 26.8 Å². The van der Waals surface area contributed by atoms with E-state index in [0.29, 0.717) is 19.4 Å². The largest absolute Gasteiger partial charge is 0.481 e. The summed E-state index contributed by atoms with van der Waals surface area (Å²) in [6.45, 7) is 2.84. The van der Waals surface area contributed by atoms with Crippen molar-refractivity contribution in [1.29, 1.82) is 0 Å². The number of nitrogens with two attached hydrogens (primary N) is 2. The summed E-state index contributed by atoms with van der Waals surface area (Å²) < 4.78 is 0. The van der Waals surface area contributed by atoms with Crippen LogP contribution in [0, 0.1) is 5.92 Å². The Morgan fingerprint density at radius 1 is 0.594 bits per heavy atom. The first-order valence-corrected chi connectivity index (χ1v) is 12.4. The van der Waals surface area contributed by atoms with Gasteiger partial charge in [0.05, 0.1) is 0 Å². The maximum Gasteiger partial charge on any atom is 0.320 e. The Bertz CT molecular complexity index is 459. The van der Waals surface area contributed by atoms with Crippen LogP contribution in [0.15, 0.2) is 0 Å². The number of carboxylic acid groups (broad SMARTS) is 3. The van der Waals surface area contributed by atoms with Crippen molar-refractivity contribution in [2.45, 2.75) is 122 Å². The van der Waals surface area contributed by atoms with Crippen molar-refractivity contribution < 1.29 is 29.7 Å². The van der Waals surface area contributed by atoms with Crippen LogP contribution in [0.5, 0.6) is 0 Å². The van der Waals surface area contributed by atoms with Crippen LogP contribution in [0.25, 0.3) is 0 Å². The molecule has 0 aromatic rings. The Kier molecular flexibility index (Phi) is 24.4. The minimum atomic E-state index is -1.23. The molecule has 0 aliphatic rings. The summed E-state index contributed by atoms with van der Waals surface area (Å²) in [6.07, 6.45) is 18.3. The molecule has 0 aliphatic carbocycles. The molecule has 8 heteroatoms. The molecule has 32 heavy (non-hydrogen) atoms. The van der Waals surface area contributed by atoms with Gasteiger partial charge in [0.2, 0.25) is 0 Å².